The summed E-state index contributed by atoms with van der Waals surface area (Å²) in [6.07, 6.45) is 6.35. The maximum Gasteiger partial charge on any atom is 0.257 e. The van der Waals surface area contributed by atoms with Gasteiger partial charge in [0.2, 0.25) is 0 Å². The zero-order valence-electron chi connectivity index (χ0n) is 18.4. The molecule has 9 heteroatoms. The summed E-state index contributed by atoms with van der Waals surface area (Å²) < 4.78 is 4.07. The first-order valence-electron chi connectivity index (χ1n) is 11.3. The number of halogens is 1. The quantitative estimate of drug-likeness (QED) is 0.607. The zero-order chi connectivity index (χ0) is 22.1. The Hall–Kier alpha value is -2.71. The molecule has 1 saturated heterocycles. The maximum absolute atomic E-state index is 13.2. The predicted molar refractivity (Wildman–Crippen MR) is 122 cm³/mol. The fourth-order valence-electron chi connectivity index (χ4n) is 4.63. The molecular formula is C23H28ClN7O. The van der Waals surface area contributed by atoms with E-state index in [2.05, 4.69) is 24.8 Å². The molecule has 0 unspecified atom stereocenters. The molecule has 1 amide bonds. The van der Waals surface area contributed by atoms with Crippen LogP contribution in [0.15, 0.2) is 30.5 Å². The average Bonchev–Trinajstić information content (AvgIpc) is 3.28. The first kappa shape index (κ1) is 21.2. The molecule has 0 N–H and O–H groups in total. The molecule has 0 radical (unpaired) electrons. The molecule has 2 aliphatic rings. The Morgan fingerprint density at radius 1 is 1.06 bits per heavy atom. The highest BCUT2D eigenvalue weighted by molar-refractivity contribution is 6.30. The van der Waals surface area contributed by atoms with Gasteiger partial charge < -0.3 is 9.47 Å². The third kappa shape index (κ3) is 4.17. The van der Waals surface area contributed by atoms with Crippen LogP contribution in [0.3, 0.4) is 0 Å². The number of hydrogen-bond acceptors (Lipinski definition) is 5. The Balaban J connectivity index is 1.22. The molecule has 1 fully saturated rings. The van der Waals surface area contributed by atoms with Crippen LogP contribution in [0.2, 0.25) is 5.02 Å². The molecule has 2 aliphatic heterocycles. The van der Waals surface area contributed by atoms with Gasteiger partial charge in [-0.1, -0.05) is 24.1 Å². The summed E-state index contributed by atoms with van der Waals surface area (Å²) in [5.74, 6) is 2.21. The second kappa shape index (κ2) is 9.03. The third-order valence-electron chi connectivity index (χ3n) is 6.50. The van der Waals surface area contributed by atoms with Crippen LogP contribution in [0.1, 0.15) is 47.0 Å². The maximum atomic E-state index is 13.2. The molecule has 8 nitrogen and oxygen atoms in total. The molecule has 1 aromatic carbocycles. The van der Waals surface area contributed by atoms with E-state index in [0.29, 0.717) is 23.7 Å². The lowest BCUT2D eigenvalue weighted by molar-refractivity contribution is 0.0623. The van der Waals surface area contributed by atoms with Crippen LogP contribution in [0.5, 0.6) is 0 Å². The van der Waals surface area contributed by atoms with Crippen molar-refractivity contribution >= 4 is 17.5 Å². The van der Waals surface area contributed by atoms with E-state index in [-0.39, 0.29) is 5.91 Å². The van der Waals surface area contributed by atoms with Crippen molar-refractivity contribution in [1.82, 2.24) is 34.3 Å². The monoisotopic (exact) mass is 453 g/mol. The van der Waals surface area contributed by atoms with Gasteiger partial charge in [-0.2, -0.15) is 5.10 Å². The summed E-state index contributed by atoms with van der Waals surface area (Å²) in [6.45, 7) is 6.79. The summed E-state index contributed by atoms with van der Waals surface area (Å²) in [5.41, 5.74) is 2.32. The fraction of sp³-hybridized carbons (Fsp3) is 0.478. The molecular weight excluding hydrogens is 426 g/mol. The van der Waals surface area contributed by atoms with Crippen LogP contribution in [-0.2, 0) is 19.5 Å². The molecule has 2 aromatic heterocycles. The summed E-state index contributed by atoms with van der Waals surface area (Å²) in [6, 6.07) is 7.49. The topological polar surface area (TPSA) is 72.1 Å². The van der Waals surface area contributed by atoms with Crippen molar-refractivity contribution in [3.63, 3.8) is 0 Å². The molecule has 5 rings (SSSR count). The zero-order valence-corrected chi connectivity index (χ0v) is 19.1. The van der Waals surface area contributed by atoms with Gasteiger partial charge in [-0.25, -0.2) is 4.68 Å². The van der Waals surface area contributed by atoms with Gasteiger partial charge >= 0.3 is 0 Å². The Bertz CT molecular complexity index is 1110. The number of rotatable bonds is 4. The molecule has 0 atom stereocenters. The number of aromatic nitrogens is 5. The van der Waals surface area contributed by atoms with Gasteiger partial charge in [0.15, 0.2) is 0 Å². The van der Waals surface area contributed by atoms with Crippen molar-refractivity contribution in [1.29, 1.82) is 0 Å². The van der Waals surface area contributed by atoms with E-state index >= 15 is 0 Å². The Labute approximate surface area is 192 Å². The summed E-state index contributed by atoms with van der Waals surface area (Å²) in [7, 11) is 0. The standard InChI is InChI=1S/C23H28ClN7O/c1-17-20(15-25-31(17)19-7-5-6-18(24)14-19)23(32)29-12-10-28(11-13-29)16-22-27-26-21-8-3-2-4-9-30(21)22/h5-7,14-15H,2-4,8-13,16H2,1H3. The number of piperazine rings is 1. The lowest BCUT2D eigenvalue weighted by Crippen LogP contribution is -2.48. The number of carbonyl (C=O) groups is 1. The van der Waals surface area contributed by atoms with Crippen molar-refractivity contribution in [3.8, 4) is 5.69 Å². The van der Waals surface area contributed by atoms with Crippen LogP contribution in [-0.4, -0.2) is 66.4 Å². The third-order valence-corrected chi connectivity index (χ3v) is 6.74. The van der Waals surface area contributed by atoms with Gasteiger partial charge in [0.1, 0.15) is 11.6 Å². The minimum absolute atomic E-state index is 0.0340. The van der Waals surface area contributed by atoms with E-state index in [9.17, 15) is 4.79 Å². The number of aryl methyl sites for hydroxylation is 1. The van der Waals surface area contributed by atoms with Gasteiger partial charge in [-0.15, -0.1) is 10.2 Å². The van der Waals surface area contributed by atoms with Crippen molar-refractivity contribution in [3.05, 3.63) is 58.4 Å². The number of amides is 1. The van der Waals surface area contributed by atoms with Gasteiger partial charge in [0.05, 0.1) is 29.7 Å². The van der Waals surface area contributed by atoms with Crippen molar-refractivity contribution < 1.29 is 4.79 Å². The summed E-state index contributed by atoms with van der Waals surface area (Å²) in [5, 5.41) is 13.9. The molecule has 3 aromatic rings. The Morgan fingerprint density at radius 2 is 1.91 bits per heavy atom. The number of carbonyl (C=O) groups excluding carboxylic acids is 1. The molecule has 4 heterocycles. The van der Waals surface area contributed by atoms with Gasteiger partial charge in [-0.05, 0) is 38.0 Å². The molecule has 168 valence electrons. The van der Waals surface area contributed by atoms with E-state index < -0.39 is 0 Å². The second-order valence-corrected chi connectivity index (χ2v) is 9.03. The van der Waals surface area contributed by atoms with Crippen LogP contribution >= 0.6 is 11.6 Å². The van der Waals surface area contributed by atoms with E-state index in [4.69, 9.17) is 11.6 Å². The van der Waals surface area contributed by atoms with Crippen LogP contribution in [0, 0.1) is 6.92 Å². The van der Waals surface area contributed by atoms with Crippen molar-refractivity contribution in [2.75, 3.05) is 26.2 Å². The second-order valence-electron chi connectivity index (χ2n) is 8.60. The lowest BCUT2D eigenvalue weighted by atomic mass is 10.2. The first-order valence-corrected chi connectivity index (χ1v) is 11.7. The highest BCUT2D eigenvalue weighted by atomic mass is 35.5. The van der Waals surface area contributed by atoms with E-state index in [1.54, 1.807) is 10.9 Å². The molecule has 0 bridgehead atoms. The largest absolute Gasteiger partial charge is 0.336 e. The predicted octanol–water partition coefficient (Wildman–Crippen LogP) is 3.11. The van der Waals surface area contributed by atoms with E-state index in [0.717, 1.165) is 55.6 Å². The molecule has 32 heavy (non-hydrogen) atoms. The molecule has 0 saturated carbocycles. The number of hydrogen-bond donors (Lipinski definition) is 0. The average molecular weight is 454 g/mol. The van der Waals surface area contributed by atoms with Crippen LogP contribution in [0.25, 0.3) is 5.69 Å². The minimum atomic E-state index is 0.0340. The number of fused-ring (bicyclic) bond motifs is 1. The van der Waals surface area contributed by atoms with E-state index in [1.807, 2.05) is 36.1 Å². The minimum Gasteiger partial charge on any atom is -0.336 e. The summed E-state index contributed by atoms with van der Waals surface area (Å²) >= 11 is 6.12. The highest BCUT2D eigenvalue weighted by Gasteiger charge is 2.26. The SMILES string of the molecule is Cc1c(C(=O)N2CCN(Cc3nnc4n3CCCCC4)CC2)cnn1-c1cccc(Cl)c1. The smallest absolute Gasteiger partial charge is 0.257 e. The first-order chi connectivity index (χ1) is 15.6. The van der Waals surface area contributed by atoms with Gasteiger partial charge in [0.25, 0.3) is 5.91 Å². The normalized spacial score (nSPS) is 17.2. The lowest BCUT2D eigenvalue weighted by Gasteiger charge is -2.34. The van der Waals surface area contributed by atoms with Gasteiger partial charge in [-0.3, -0.25) is 9.69 Å². The van der Waals surface area contributed by atoms with Crippen molar-refractivity contribution in [2.24, 2.45) is 0 Å². The molecule has 0 aliphatic carbocycles. The Morgan fingerprint density at radius 3 is 2.72 bits per heavy atom. The Kier molecular flexibility index (Phi) is 5.97. The molecule has 0 spiro atoms. The summed E-state index contributed by atoms with van der Waals surface area (Å²) in [4.78, 5) is 17.5. The highest BCUT2D eigenvalue weighted by Crippen LogP contribution is 2.20. The van der Waals surface area contributed by atoms with E-state index in [1.165, 1.54) is 19.3 Å². The van der Waals surface area contributed by atoms with Gasteiger partial charge in [0, 0.05) is 44.2 Å². The van der Waals surface area contributed by atoms with Crippen LogP contribution < -0.4 is 0 Å². The number of nitrogens with zero attached hydrogens (tertiary/aromatic N) is 7. The van der Waals surface area contributed by atoms with Crippen molar-refractivity contribution in [2.45, 2.75) is 45.7 Å². The van der Waals surface area contributed by atoms with Crippen LogP contribution in [0.4, 0.5) is 0 Å². The fourth-order valence-corrected chi connectivity index (χ4v) is 4.81. The number of benzene rings is 1.